The summed E-state index contributed by atoms with van der Waals surface area (Å²) in [6, 6.07) is 8.60. The fourth-order valence-corrected chi connectivity index (χ4v) is 1.41. The number of carbonyl (C=O) groups is 3. The van der Waals surface area contributed by atoms with Gasteiger partial charge in [0.15, 0.2) is 11.9 Å². The van der Waals surface area contributed by atoms with E-state index >= 15 is 0 Å². The van der Waals surface area contributed by atoms with Crippen molar-refractivity contribution in [1.82, 2.24) is 0 Å². The number of hydrogen-bond acceptors (Lipinski definition) is 4. The SMILES string of the molecule is CC(=O)[C@@H](OC(=O)CCC(=O)O)c1ccccc1. The summed E-state index contributed by atoms with van der Waals surface area (Å²) in [6.07, 6.45) is -1.52. The van der Waals surface area contributed by atoms with E-state index in [0.717, 1.165) is 0 Å². The quantitative estimate of drug-likeness (QED) is 0.777. The van der Waals surface area contributed by atoms with Crippen molar-refractivity contribution in [2.75, 3.05) is 0 Å². The monoisotopic (exact) mass is 250 g/mol. The molecule has 0 aliphatic carbocycles. The molecule has 0 aliphatic heterocycles. The third-order valence-electron chi connectivity index (χ3n) is 2.26. The molecule has 1 rings (SSSR count). The number of carboxylic acid groups (broad SMARTS) is 1. The van der Waals surface area contributed by atoms with E-state index in [9.17, 15) is 14.4 Å². The highest BCUT2D eigenvalue weighted by molar-refractivity contribution is 5.85. The molecule has 5 heteroatoms. The van der Waals surface area contributed by atoms with E-state index in [2.05, 4.69) is 0 Å². The minimum Gasteiger partial charge on any atom is -0.481 e. The van der Waals surface area contributed by atoms with Crippen molar-refractivity contribution < 1.29 is 24.2 Å². The van der Waals surface area contributed by atoms with E-state index in [4.69, 9.17) is 9.84 Å². The molecular formula is C13H14O5. The second-order valence-corrected chi connectivity index (χ2v) is 3.78. The Hall–Kier alpha value is -2.17. The molecule has 0 aromatic heterocycles. The number of carbonyl (C=O) groups excluding carboxylic acids is 2. The van der Waals surface area contributed by atoms with Crippen molar-refractivity contribution >= 4 is 17.7 Å². The van der Waals surface area contributed by atoms with Gasteiger partial charge in [-0.25, -0.2) is 0 Å². The summed E-state index contributed by atoms with van der Waals surface area (Å²) in [4.78, 5) is 33.1. The molecule has 1 aromatic rings. The highest BCUT2D eigenvalue weighted by atomic mass is 16.5. The van der Waals surface area contributed by atoms with Gasteiger partial charge in [0.1, 0.15) is 0 Å². The predicted octanol–water partition coefficient (Wildman–Crippen LogP) is 1.72. The standard InChI is InChI=1S/C13H14O5/c1-9(14)13(10-5-3-2-4-6-10)18-12(17)8-7-11(15)16/h2-6,13H,7-8H2,1H3,(H,15,16)/t13-/m1/s1. The van der Waals surface area contributed by atoms with Gasteiger partial charge < -0.3 is 9.84 Å². The Morgan fingerprint density at radius 3 is 2.28 bits per heavy atom. The fraction of sp³-hybridized carbons (Fsp3) is 0.308. The molecule has 0 fully saturated rings. The van der Waals surface area contributed by atoms with E-state index in [0.29, 0.717) is 5.56 Å². The Morgan fingerprint density at radius 1 is 1.17 bits per heavy atom. The first-order chi connectivity index (χ1) is 8.50. The fourth-order valence-electron chi connectivity index (χ4n) is 1.41. The molecule has 0 radical (unpaired) electrons. The first-order valence-electron chi connectivity index (χ1n) is 5.47. The zero-order valence-corrected chi connectivity index (χ0v) is 9.96. The maximum absolute atomic E-state index is 11.4. The summed E-state index contributed by atoms with van der Waals surface area (Å²) in [6.45, 7) is 1.32. The van der Waals surface area contributed by atoms with Crippen molar-refractivity contribution in [2.24, 2.45) is 0 Å². The van der Waals surface area contributed by atoms with Crippen molar-refractivity contribution in [2.45, 2.75) is 25.9 Å². The molecule has 0 unspecified atom stereocenters. The van der Waals surface area contributed by atoms with Crippen molar-refractivity contribution in [3.63, 3.8) is 0 Å². The van der Waals surface area contributed by atoms with E-state index in [1.807, 2.05) is 0 Å². The molecule has 0 spiro atoms. The third kappa shape index (κ3) is 4.37. The Labute approximate surface area is 104 Å². The number of esters is 1. The molecule has 18 heavy (non-hydrogen) atoms. The van der Waals surface area contributed by atoms with Crippen molar-refractivity contribution in [3.8, 4) is 0 Å². The van der Waals surface area contributed by atoms with Crippen LogP contribution in [0, 0.1) is 0 Å². The highest BCUT2D eigenvalue weighted by Gasteiger charge is 2.21. The molecular weight excluding hydrogens is 236 g/mol. The minimum absolute atomic E-state index is 0.244. The molecule has 0 saturated carbocycles. The van der Waals surface area contributed by atoms with Crippen LogP contribution < -0.4 is 0 Å². The van der Waals surface area contributed by atoms with Gasteiger partial charge in [0, 0.05) is 0 Å². The number of Topliss-reactive ketones (excluding diaryl/α,β-unsaturated/α-hetero) is 1. The lowest BCUT2D eigenvalue weighted by Gasteiger charge is -2.15. The molecule has 0 aliphatic rings. The number of aliphatic carboxylic acids is 1. The van der Waals surface area contributed by atoms with Gasteiger partial charge in [-0.3, -0.25) is 14.4 Å². The van der Waals surface area contributed by atoms with E-state index < -0.39 is 18.0 Å². The van der Waals surface area contributed by atoms with Crippen LogP contribution >= 0.6 is 0 Å². The first-order valence-corrected chi connectivity index (χ1v) is 5.47. The summed E-state index contributed by atoms with van der Waals surface area (Å²) in [5.74, 6) is -2.07. The molecule has 0 amide bonds. The third-order valence-corrected chi connectivity index (χ3v) is 2.26. The van der Waals surface area contributed by atoms with Gasteiger partial charge >= 0.3 is 11.9 Å². The molecule has 1 aromatic carbocycles. The number of ketones is 1. The molecule has 1 atom stereocenters. The maximum atomic E-state index is 11.4. The van der Waals surface area contributed by atoms with Crippen LogP contribution in [-0.2, 0) is 19.1 Å². The smallest absolute Gasteiger partial charge is 0.307 e. The van der Waals surface area contributed by atoms with Crippen LogP contribution in [0.15, 0.2) is 30.3 Å². The lowest BCUT2D eigenvalue weighted by Crippen LogP contribution is -2.18. The molecule has 5 nitrogen and oxygen atoms in total. The van der Waals surface area contributed by atoms with Crippen LogP contribution in [0.3, 0.4) is 0 Å². The largest absolute Gasteiger partial charge is 0.481 e. The van der Waals surface area contributed by atoms with Crippen LogP contribution in [0.25, 0.3) is 0 Å². The van der Waals surface area contributed by atoms with Crippen LogP contribution in [0.5, 0.6) is 0 Å². The average molecular weight is 250 g/mol. The van der Waals surface area contributed by atoms with Gasteiger partial charge in [0.05, 0.1) is 12.8 Å². The second-order valence-electron chi connectivity index (χ2n) is 3.78. The van der Waals surface area contributed by atoms with E-state index in [-0.39, 0.29) is 18.6 Å². The Bertz CT molecular complexity index is 438. The summed E-state index contributed by atoms with van der Waals surface area (Å²) in [7, 11) is 0. The zero-order valence-electron chi connectivity index (χ0n) is 9.96. The van der Waals surface area contributed by atoms with Crippen LogP contribution in [-0.4, -0.2) is 22.8 Å². The van der Waals surface area contributed by atoms with Crippen LogP contribution in [0.1, 0.15) is 31.4 Å². The predicted molar refractivity (Wildman–Crippen MR) is 62.8 cm³/mol. The summed E-state index contributed by atoms with van der Waals surface area (Å²) in [5.41, 5.74) is 0.577. The number of carboxylic acids is 1. The topological polar surface area (TPSA) is 80.7 Å². The van der Waals surface area contributed by atoms with Gasteiger partial charge in [-0.2, -0.15) is 0 Å². The lowest BCUT2D eigenvalue weighted by molar-refractivity contribution is -0.156. The lowest BCUT2D eigenvalue weighted by atomic mass is 10.1. The molecule has 0 saturated heterocycles. The number of benzene rings is 1. The molecule has 96 valence electrons. The molecule has 0 bridgehead atoms. The van der Waals surface area contributed by atoms with Gasteiger partial charge in [-0.05, 0) is 12.5 Å². The first kappa shape index (κ1) is 13.9. The summed E-state index contributed by atoms with van der Waals surface area (Å²) >= 11 is 0. The number of rotatable bonds is 6. The van der Waals surface area contributed by atoms with Gasteiger partial charge in [0.25, 0.3) is 0 Å². The van der Waals surface area contributed by atoms with Crippen LogP contribution in [0.4, 0.5) is 0 Å². The van der Waals surface area contributed by atoms with E-state index in [1.165, 1.54) is 6.92 Å². The highest BCUT2D eigenvalue weighted by Crippen LogP contribution is 2.19. The maximum Gasteiger partial charge on any atom is 0.307 e. The molecule has 0 heterocycles. The molecule has 1 N–H and O–H groups in total. The normalized spacial score (nSPS) is 11.6. The average Bonchev–Trinajstić information content (AvgIpc) is 2.34. The minimum atomic E-state index is -1.08. The number of hydrogen-bond donors (Lipinski definition) is 1. The van der Waals surface area contributed by atoms with E-state index in [1.54, 1.807) is 30.3 Å². The Kier molecular flexibility index (Phi) is 5.05. The van der Waals surface area contributed by atoms with Crippen molar-refractivity contribution in [1.29, 1.82) is 0 Å². The summed E-state index contributed by atoms with van der Waals surface area (Å²) < 4.78 is 5.00. The van der Waals surface area contributed by atoms with Gasteiger partial charge in [-0.1, -0.05) is 30.3 Å². The van der Waals surface area contributed by atoms with Gasteiger partial charge in [0.2, 0.25) is 0 Å². The Balaban J connectivity index is 2.67. The Morgan fingerprint density at radius 2 is 1.78 bits per heavy atom. The summed E-state index contributed by atoms with van der Waals surface area (Å²) in [5, 5.41) is 8.45. The zero-order chi connectivity index (χ0) is 13.5. The second kappa shape index (κ2) is 6.54. The number of ether oxygens (including phenoxy) is 1. The van der Waals surface area contributed by atoms with Crippen molar-refractivity contribution in [3.05, 3.63) is 35.9 Å². The van der Waals surface area contributed by atoms with Gasteiger partial charge in [-0.15, -0.1) is 0 Å². The van der Waals surface area contributed by atoms with Crippen LogP contribution in [0.2, 0.25) is 0 Å².